The van der Waals surface area contributed by atoms with E-state index in [2.05, 4.69) is 5.32 Å². The summed E-state index contributed by atoms with van der Waals surface area (Å²) in [5.41, 5.74) is 0.0375. The lowest BCUT2D eigenvalue weighted by Gasteiger charge is -2.16. The van der Waals surface area contributed by atoms with Gasteiger partial charge in [-0.05, 0) is 30.9 Å². The van der Waals surface area contributed by atoms with Gasteiger partial charge in [-0.2, -0.15) is 0 Å². The molecular weight excluding hydrogens is 276 g/mol. The van der Waals surface area contributed by atoms with Crippen LogP contribution in [0, 0.1) is 16.0 Å². The maximum atomic E-state index is 11.0. The number of aliphatic hydroxyl groups is 1. The summed E-state index contributed by atoms with van der Waals surface area (Å²) >= 11 is 0. The van der Waals surface area contributed by atoms with Crippen molar-refractivity contribution < 1.29 is 19.9 Å². The number of aliphatic hydroxyl groups excluding tert-OH is 1. The Morgan fingerprint density at radius 1 is 1.43 bits per heavy atom. The summed E-state index contributed by atoms with van der Waals surface area (Å²) in [4.78, 5) is 21.4. The number of nitrogens with zero attached hydrogens (tertiary/aromatic N) is 1. The van der Waals surface area contributed by atoms with Crippen LogP contribution in [0.1, 0.15) is 36.5 Å². The van der Waals surface area contributed by atoms with Crippen LogP contribution in [-0.4, -0.2) is 34.3 Å². The molecule has 7 heteroatoms. The first-order valence-corrected chi connectivity index (χ1v) is 6.86. The van der Waals surface area contributed by atoms with Gasteiger partial charge < -0.3 is 15.5 Å². The van der Waals surface area contributed by atoms with Crippen LogP contribution in [0.5, 0.6) is 0 Å². The van der Waals surface area contributed by atoms with Crippen LogP contribution in [-0.2, 0) is 0 Å². The molecule has 0 fully saturated rings. The van der Waals surface area contributed by atoms with E-state index in [1.807, 2.05) is 6.92 Å². The molecule has 7 nitrogen and oxygen atoms in total. The molecule has 1 atom stereocenters. The number of carbonyl (C=O) groups is 1. The van der Waals surface area contributed by atoms with Crippen LogP contribution in [0.25, 0.3) is 0 Å². The van der Waals surface area contributed by atoms with Gasteiger partial charge in [0.15, 0.2) is 0 Å². The Bertz CT molecular complexity index is 498. The predicted octanol–water partition coefficient (Wildman–Crippen LogP) is 2.50. The molecule has 21 heavy (non-hydrogen) atoms. The Balaban J connectivity index is 2.90. The van der Waals surface area contributed by atoms with E-state index in [-0.39, 0.29) is 29.5 Å². The van der Waals surface area contributed by atoms with Gasteiger partial charge in [-0.15, -0.1) is 0 Å². The topological polar surface area (TPSA) is 113 Å². The molecule has 116 valence electrons. The highest BCUT2D eigenvalue weighted by Crippen LogP contribution is 2.26. The fraction of sp³-hybridized carbons (Fsp3) is 0.500. The Labute approximate surface area is 122 Å². The van der Waals surface area contributed by atoms with Gasteiger partial charge >= 0.3 is 5.97 Å². The molecular formula is C14H20N2O5. The minimum atomic E-state index is -1.13. The average Bonchev–Trinajstić information content (AvgIpc) is 2.44. The number of hydrogen-bond donors (Lipinski definition) is 3. The monoisotopic (exact) mass is 296 g/mol. The van der Waals surface area contributed by atoms with Crippen molar-refractivity contribution in [1.29, 1.82) is 0 Å². The van der Waals surface area contributed by atoms with Crippen molar-refractivity contribution in [2.45, 2.75) is 26.2 Å². The summed E-state index contributed by atoms with van der Waals surface area (Å²) in [6, 6.07) is 3.66. The van der Waals surface area contributed by atoms with Gasteiger partial charge in [0.1, 0.15) is 5.69 Å². The third-order valence-electron chi connectivity index (χ3n) is 3.26. The zero-order chi connectivity index (χ0) is 15.8. The van der Waals surface area contributed by atoms with Gasteiger partial charge in [-0.3, -0.25) is 10.1 Å². The number of benzene rings is 1. The molecule has 0 saturated carbocycles. The van der Waals surface area contributed by atoms with Crippen molar-refractivity contribution >= 4 is 17.3 Å². The van der Waals surface area contributed by atoms with Crippen molar-refractivity contribution in [1.82, 2.24) is 0 Å². The molecule has 0 saturated heterocycles. The van der Waals surface area contributed by atoms with Crippen molar-refractivity contribution in [3.63, 3.8) is 0 Å². The fourth-order valence-corrected chi connectivity index (χ4v) is 2.16. The van der Waals surface area contributed by atoms with Crippen LogP contribution >= 0.6 is 0 Å². The first kappa shape index (κ1) is 16.9. The SMILES string of the molecule is CCCC(CCO)CNc1cc(C(=O)O)ccc1[N+](=O)[O-]. The van der Waals surface area contributed by atoms with Crippen molar-refractivity contribution in [2.24, 2.45) is 5.92 Å². The maximum absolute atomic E-state index is 11.0. The molecule has 0 aliphatic carbocycles. The lowest BCUT2D eigenvalue weighted by molar-refractivity contribution is -0.384. The van der Waals surface area contributed by atoms with E-state index >= 15 is 0 Å². The minimum absolute atomic E-state index is 0.00250. The van der Waals surface area contributed by atoms with Crippen LogP contribution in [0.3, 0.4) is 0 Å². The van der Waals surface area contributed by atoms with E-state index in [1.54, 1.807) is 0 Å². The number of anilines is 1. The van der Waals surface area contributed by atoms with Gasteiger partial charge in [-0.25, -0.2) is 4.79 Å². The van der Waals surface area contributed by atoms with Crippen LogP contribution in [0.15, 0.2) is 18.2 Å². The van der Waals surface area contributed by atoms with E-state index in [4.69, 9.17) is 10.2 Å². The lowest BCUT2D eigenvalue weighted by atomic mass is 10.00. The molecule has 3 N–H and O–H groups in total. The third-order valence-corrected chi connectivity index (χ3v) is 3.26. The van der Waals surface area contributed by atoms with Gasteiger partial charge in [0.2, 0.25) is 0 Å². The van der Waals surface area contributed by atoms with Crippen molar-refractivity contribution in [2.75, 3.05) is 18.5 Å². The summed E-state index contributed by atoms with van der Waals surface area (Å²) < 4.78 is 0. The summed E-state index contributed by atoms with van der Waals surface area (Å²) in [5.74, 6) is -0.943. The highest BCUT2D eigenvalue weighted by atomic mass is 16.6. The van der Waals surface area contributed by atoms with Gasteiger partial charge in [-0.1, -0.05) is 13.3 Å². The van der Waals surface area contributed by atoms with E-state index < -0.39 is 10.9 Å². The zero-order valence-corrected chi connectivity index (χ0v) is 11.9. The number of hydrogen-bond acceptors (Lipinski definition) is 5. The van der Waals surface area contributed by atoms with Gasteiger partial charge in [0.25, 0.3) is 5.69 Å². The van der Waals surface area contributed by atoms with Crippen molar-refractivity contribution in [3.8, 4) is 0 Å². The number of aromatic carboxylic acids is 1. The molecule has 0 heterocycles. The molecule has 0 spiro atoms. The highest BCUT2D eigenvalue weighted by Gasteiger charge is 2.17. The number of carboxylic acids is 1. The molecule has 0 amide bonds. The second kappa shape index (κ2) is 8.21. The van der Waals surface area contributed by atoms with Gasteiger partial charge in [0.05, 0.1) is 10.5 Å². The van der Waals surface area contributed by atoms with Crippen molar-refractivity contribution in [3.05, 3.63) is 33.9 Å². The first-order valence-electron chi connectivity index (χ1n) is 6.86. The zero-order valence-electron chi connectivity index (χ0n) is 11.9. The summed E-state index contributed by atoms with van der Waals surface area (Å²) in [7, 11) is 0. The first-order chi connectivity index (χ1) is 9.99. The summed E-state index contributed by atoms with van der Waals surface area (Å²) in [5, 5.41) is 31.9. The van der Waals surface area contributed by atoms with Crippen LogP contribution in [0.4, 0.5) is 11.4 Å². The van der Waals surface area contributed by atoms with E-state index in [0.717, 1.165) is 12.8 Å². The number of rotatable bonds is 9. The molecule has 1 aromatic rings. The maximum Gasteiger partial charge on any atom is 0.335 e. The van der Waals surface area contributed by atoms with E-state index in [9.17, 15) is 14.9 Å². The molecule has 1 unspecified atom stereocenters. The molecule has 0 aliphatic rings. The lowest BCUT2D eigenvalue weighted by Crippen LogP contribution is -2.16. The summed E-state index contributed by atoms with van der Waals surface area (Å²) in [6.45, 7) is 2.54. The average molecular weight is 296 g/mol. The number of carboxylic acid groups (broad SMARTS) is 1. The quantitative estimate of drug-likeness (QED) is 0.476. The number of nitrogens with one attached hydrogen (secondary N) is 1. The fourth-order valence-electron chi connectivity index (χ4n) is 2.16. The Hall–Kier alpha value is -2.15. The largest absolute Gasteiger partial charge is 0.478 e. The molecule has 0 aliphatic heterocycles. The van der Waals surface area contributed by atoms with Crippen LogP contribution in [0.2, 0.25) is 0 Å². The molecule has 0 aromatic heterocycles. The van der Waals surface area contributed by atoms with Gasteiger partial charge in [0, 0.05) is 19.2 Å². The van der Waals surface area contributed by atoms with E-state index in [1.165, 1.54) is 18.2 Å². The Morgan fingerprint density at radius 3 is 2.67 bits per heavy atom. The number of nitro benzene ring substituents is 1. The normalized spacial score (nSPS) is 11.9. The molecule has 0 bridgehead atoms. The molecule has 1 rings (SSSR count). The minimum Gasteiger partial charge on any atom is -0.478 e. The third kappa shape index (κ3) is 5.03. The second-order valence-corrected chi connectivity index (χ2v) is 4.84. The Morgan fingerprint density at radius 2 is 2.14 bits per heavy atom. The molecule has 1 aromatic carbocycles. The predicted molar refractivity (Wildman–Crippen MR) is 78.6 cm³/mol. The highest BCUT2D eigenvalue weighted by molar-refractivity contribution is 5.90. The second-order valence-electron chi connectivity index (χ2n) is 4.84. The molecule has 0 radical (unpaired) electrons. The number of nitro groups is 1. The van der Waals surface area contributed by atoms with Crippen LogP contribution < -0.4 is 5.32 Å². The standard InChI is InChI=1S/C14H20N2O5/c1-2-3-10(6-7-17)9-15-12-8-11(14(18)19)4-5-13(12)16(20)21/h4-5,8,10,15,17H,2-3,6-7,9H2,1H3,(H,18,19). The van der Waals surface area contributed by atoms with E-state index in [0.29, 0.717) is 13.0 Å². The Kier molecular flexibility index (Phi) is 6.61. The summed E-state index contributed by atoms with van der Waals surface area (Å²) in [6.07, 6.45) is 2.44. The smallest absolute Gasteiger partial charge is 0.335 e.